The summed E-state index contributed by atoms with van der Waals surface area (Å²) in [5, 5.41) is 0. The quantitative estimate of drug-likeness (QED) is 0.191. The molecule has 4 nitrogen and oxygen atoms in total. The first-order valence-corrected chi connectivity index (χ1v) is 10.7. The van der Waals surface area contributed by atoms with E-state index < -0.39 is 8.60 Å². The third-order valence-corrected chi connectivity index (χ3v) is 4.62. The van der Waals surface area contributed by atoms with Crippen molar-refractivity contribution in [3.05, 3.63) is 0 Å². The van der Waals surface area contributed by atoms with Gasteiger partial charge in [-0.2, -0.15) is 0 Å². The second-order valence-electron chi connectivity index (χ2n) is 6.39. The Balaban J connectivity index is 0. The van der Waals surface area contributed by atoms with Crippen molar-refractivity contribution in [2.24, 2.45) is 0 Å². The molecular weight excluding hydrogens is 309 g/mol. The topological polar surface area (TPSA) is 84.7 Å². The molecule has 0 radical (unpaired) electrons. The first-order valence-electron chi connectivity index (χ1n) is 9.58. The molecule has 0 aliphatic carbocycles. The molecule has 0 aromatic carbocycles. The highest BCUT2D eigenvalue weighted by Crippen LogP contribution is 2.24. The van der Waals surface area contributed by atoms with Gasteiger partial charge in [-0.15, -0.1) is 0 Å². The Morgan fingerprint density at radius 2 is 0.870 bits per heavy atom. The summed E-state index contributed by atoms with van der Waals surface area (Å²) in [6.45, 7) is 2.76. The SMILES string of the molecule is CCCCCCCCCCCCCCCCCCOP(O)O.N. The van der Waals surface area contributed by atoms with Crippen LogP contribution in [-0.2, 0) is 4.52 Å². The van der Waals surface area contributed by atoms with Gasteiger partial charge in [-0.05, 0) is 6.42 Å². The van der Waals surface area contributed by atoms with E-state index in [1.165, 1.54) is 89.9 Å². The van der Waals surface area contributed by atoms with Crippen LogP contribution in [0.15, 0.2) is 0 Å². The Labute approximate surface area is 146 Å². The van der Waals surface area contributed by atoms with Gasteiger partial charge in [-0.3, -0.25) is 0 Å². The Hall–Kier alpha value is 0.270. The lowest BCUT2D eigenvalue weighted by molar-refractivity contribution is 0.248. The lowest BCUT2D eigenvalue weighted by Crippen LogP contribution is -1.89. The predicted octanol–water partition coefficient (Wildman–Crippen LogP) is 6.64. The standard InChI is InChI=1S/C18H39O3P.H3N/c1-2-3-4-5-6-7-8-9-10-11-12-13-14-15-16-17-18-21-22(19)20;/h19-20H,2-18H2,1H3;1H3. The zero-order valence-corrected chi connectivity index (χ0v) is 16.4. The molecule has 0 fully saturated rings. The van der Waals surface area contributed by atoms with Gasteiger partial charge in [0.1, 0.15) is 0 Å². The molecular formula is C18H42NO3P. The van der Waals surface area contributed by atoms with E-state index in [9.17, 15) is 0 Å². The van der Waals surface area contributed by atoms with Crippen LogP contribution in [0.25, 0.3) is 0 Å². The fourth-order valence-corrected chi connectivity index (χ4v) is 3.09. The monoisotopic (exact) mass is 351 g/mol. The molecule has 0 aliphatic rings. The predicted molar refractivity (Wildman–Crippen MR) is 102 cm³/mol. The van der Waals surface area contributed by atoms with E-state index in [2.05, 4.69) is 6.92 Å². The molecule has 0 atom stereocenters. The number of hydrogen-bond acceptors (Lipinski definition) is 4. The van der Waals surface area contributed by atoms with Gasteiger partial charge < -0.3 is 20.5 Å². The van der Waals surface area contributed by atoms with Crippen LogP contribution in [0.4, 0.5) is 0 Å². The van der Waals surface area contributed by atoms with Gasteiger partial charge in [0.2, 0.25) is 0 Å². The second kappa shape index (κ2) is 22.3. The summed E-state index contributed by atoms with van der Waals surface area (Å²) >= 11 is 0. The van der Waals surface area contributed by atoms with E-state index in [-0.39, 0.29) is 6.15 Å². The minimum Gasteiger partial charge on any atom is -0.344 e. The van der Waals surface area contributed by atoms with Gasteiger partial charge in [-0.25, -0.2) is 0 Å². The van der Waals surface area contributed by atoms with E-state index in [4.69, 9.17) is 14.3 Å². The van der Waals surface area contributed by atoms with Crippen molar-refractivity contribution in [3.63, 3.8) is 0 Å². The summed E-state index contributed by atoms with van der Waals surface area (Å²) in [5.74, 6) is 0. The summed E-state index contributed by atoms with van der Waals surface area (Å²) < 4.78 is 4.74. The Bertz CT molecular complexity index is 207. The fourth-order valence-electron chi connectivity index (χ4n) is 2.80. The molecule has 0 saturated heterocycles. The fraction of sp³-hybridized carbons (Fsp3) is 1.00. The molecule has 0 saturated carbocycles. The molecule has 142 valence electrons. The molecule has 0 bridgehead atoms. The third-order valence-electron chi connectivity index (χ3n) is 4.20. The number of hydrogen-bond donors (Lipinski definition) is 3. The minimum atomic E-state index is -2.14. The minimum absolute atomic E-state index is 0. The Morgan fingerprint density at radius 1 is 0.565 bits per heavy atom. The molecule has 5 N–H and O–H groups in total. The maximum atomic E-state index is 8.58. The molecule has 0 unspecified atom stereocenters. The van der Waals surface area contributed by atoms with Crippen LogP contribution in [-0.4, -0.2) is 16.4 Å². The van der Waals surface area contributed by atoms with E-state index in [0.717, 1.165) is 12.8 Å². The summed E-state index contributed by atoms with van der Waals surface area (Å²) in [6.07, 6.45) is 21.6. The molecule has 0 aromatic rings. The van der Waals surface area contributed by atoms with Gasteiger partial charge in [0.25, 0.3) is 0 Å². The van der Waals surface area contributed by atoms with E-state index >= 15 is 0 Å². The number of unbranched alkanes of at least 4 members (excludes halogenated alkanes) is 15. The summed E-state index contributed by atoms with van der Waals surface area (Å²) in [5.41, 5.74) is 0. The van der Waals surface area contributed by atoms with Crippen molar-refractivity contribution in [2.45, 2.75) is 110 Å². The smallest absolute Gasteiger partial charge is 0.327 e. The summed E-state index contributed by atoms with van der Waals surface area (Å²) in [4.78, 5) is 17.2. The van der Waals surface area contributed by atoms with Crippen molar-refractivity contribution in [1.29, 1.82) is 0 Å². The van der Waals surface area contributed by atoms with E-state index in [1.54, 1.807) is 0 Å². The van der Waals surface area contributed by atoms with Crippen molar-refractivity contribution < 1.29 is 14.3 Å². The van der Waals surface area contributed by atoms with Crippen LogP contribution in [0.2, 0.25) is 0 Å². The zero-order valence-electron chi connectivity index (χ0n) is 15.5. The van der Waals surface area contributed by atoms with Crippen LogP contribution >= 0.6 is 8.60 Å². The average Bonchev–Trinajstić information content (AvgIpc) is 2.50. The van der Waals surface area contributed by atoms with Crippen molar-refractivity contribution >= 4 is 8.60 Å². The van der Waals surface area contributed by atoms with Gasteiger partial charge in [-0.1, -0.05) is 103 Å². The van der Waals surface area contributed by atoms with E-state index in [1.807, 2.05) is 0 Å². The molecule has 0 aromatic heterocycles. The Kier molecular flexibility index (Phi) is 24.7. The first kappa shape index (κ1) is 25.5. The van der Waals surface area contributed by atoms with Crippen molar-refractivity contribution in [1.82, 2.24) is 6.15 Å². The first-order chi connectivity index (χ1) is 10.8. The maximum Gasteiger partial charge on any atom is 0.327 e. The third kappa shape index (κ3) is 24.6. The van der Waals surface area contributed by atoms with Crippen molar-refractivity contribution in [2.75, 3.05) is 6.61 Å². The highest BCUT2D eigenvalue weighted by atomic mass is 31.2. The average molecular weight is 352 g/mol. The Morgan fingerprint density at radius 3 is 1.17 bits per heavy atom. The molecule has 0 rings (SSSR count). The molecule has 5 heteroatoms. The molecule has 0 spiro atoms. The lowest BCUT2D eigenvalue weighted by Gasteiger charge is -2.04. The highest BCUT2D eigenvalue weighted by molar-refractivity contribution is 7.39. The lowest BCUT2D eigenvalue weighted by atomic mass is 10.0. The van der Waals surface area contributed by atoms with Gasteiger partial charge >= 0.3 is 8.60 Å². The van der Waals surface area contributed by atoms with Crippen LogP contribution in [0.5, 0.6) is 0 Å². The van der Waals surface area contributed by atoms with Crippen molar-refractivity contribution in [3.8, 4) is 0 Å². The maximum absolute atomic E-state index is 8.58. The highest BCUT2D eigenvalue weighted by Gasteiger charge is 1.98. The largest absolute Gasteiger partial charge is 0.344 e. The molecule has 0 amide bonds. The van der Waals surface area contributed by atoms with E-state index in [0.29, 0.717) is 6.61 Å². The molecule has 0 aliphatic heterocycles. The van der Waals surface area contributed by atoms with Gasteiger partial charge in [0, 0.05) is 0 Å². The zero-order chi connectivity index (χ0) is 16.3. The molecule has 0 heterocycles. The van der Waals surface area contributed by atoms with Gasteiger partial charge in [0.05, 0.1) is 6.61 Å². The normalized spacial score (nSPS) is 11.0. The summed E-state index contributed by atoms with van der Waals surface area (Å²) in [7, 11) is -2.14. The van der Waals surface area contributed by atoms with Crippen LogP contribution < -0.4 is 6.15 Å². The van der Waals surface area contributed by atoms with Gasteiger partial charge in [0.15, 0.2) is 0 Å². The van der Waals surface area contributed by atoms with Crippen LogP contribution in [0.3, 0.4) is 0 Å². The second-order valence-corrected chi connectivity index (χ2v) is 7.15. The van der Waals surface area contributed by atoms with Crippen LogP contribution in [0.1, 0.15) is 110 Å². The van der Waals surface area contributed by atoms with Crippen LogP contribution in [0, 0.1) is 0 Å². The molecule has 23 heavy (non-hydrogen) atoms. The number of rotatable bonds is 18. The summed E-state index contributed by atoms with van der Waals surface area (Å²) in [6, 6.07) is 0.